The van der Waals surface area contributed by atoms with E-state index >= 15 is 0 Å². The van der Waals surface area contributed by atoms with Gasteiger partial charge in [0.1, 0.15) is 0 Å². The summed E-state index contributed by atoms with van der Waals surface area (Å²) in [4.78, 5) is 21.4. The number of hydrogen-bond acceptors (Lipinski definition) is 3. The highest BCUT2D eigenvalue weighted by Crippen LogP contribution is 2.08. The normalized spacial score (nSPS) is 17.7. The lowest BCUT2D eigenvalue weighted by Crippen LogP contribution is -2.32. The Balaban J connectivity index is 2.38. The van der Waals surface area contributed by atoms with E-state index in [1.807, 2.05) is 13.8 Å². The van der Waals surface area contributed by atoms with E-state index in [9.17, 15) is 4.79 Å². The topological polar surface area (TPSA) is 42.0 Å². The predicted octanol–water partition coefficient (Wildman–Crippen LogP) is 0.627. The summed E-state index contributed by atoms with van der Waals surface area (Å²) in [5.41, 5.74) is 0. The van der Waals surface area contributed by atoms with Crippen LogP contribution >= 0.6 is 0 Å². The summed E-state index contributed by atoms with van der Waals surface area (Å²) in [7, 11) is 0. The molecule has 0 N–H and O–H groups in total. The molecule has 5 nitrogen and oxygen atoms in total. The number of nitrogens with zero attached hydrogens (tertiary/aromatic N) is 2. The second-order valence-electron chi connectivity index (χ2n) is 2.32. The molecule has 12 heavy (non-hydrogen) atoms. The minimum absolute atomic E-state index is 0.210. The molecule has 1 rings (SSSR count). The van der Waals surface area contributed by atoms with Gasteiger partial charge in [-0.15, -0.1) is 0 Å². The maximum absolute atomic E-state index is 11.3. The molecule has 2 amide bonds. The summed E-state index contributed by atoms with van der Waals surface area (Å²) < 4.78 is 0. The van der Waals surface area contributed by atoms with Crippen LogP contribution in [0.1, 0.15) is 13.8 Å². The van der Waals surface area contributed by atoms with E-state index in [1.165, 1.54) is 10.1 Å². The number of hydrogen-bond donors (Lipinski definition) is 0. The van der Waals surface area contributed by atoms with E-state index in [4.69, 9.17) is 9.68 Å². The van der Waals surface area contributed by atoms with Crippen LogP contribution in [-0.4, -0.2) is 42.5 Å². The lowest BCUT2D eigenvalue weighted by atomic mass is 10.7. The van der Waals surface area contributed by atoms with Gasteiger partial charge >= 0.3 is 6.03 Å². The van der Waals surface area contributed by atoms with Crippen LogP contribution in [0.25, 0.3) is 0 Å². The molecule has 5 heteroatoms. The predicted molar refractivity (Wildman–Crippen MR) is 42.1 cm³/mol. The van der Waals surface area contributed by atoms with Crippen LogP contribution in [0.5, 0.6) is 0 Å². The Hall–Kier alpha value is -0.810. The first kappa shape index (κ1) is 9.28. The molecule has 1 fully saturated rings. The van der Waals surface area contributed by atoms with Crippen LogP contribution in [0.3, 0.4) is 0 Å². The third-order valence-electron chi connectivity index (χ3n) is 1.50. The van der Waals surface area contributed by atoms with Gasteiger partial charge in [-0.25, -0.2) is 4.79 Å². The van der Waals surface area contributed by atoms with Crippen molar-refractivity contribution >= 4 is 6.03 Å². The molecule has 1 aliphatic heterocycles. The average Bonchev–Trinajstić information content (AvgIpc) is 2.38. The largest absolute Gasteiger partial charge is 0.367 e. The minimum Gasteiger partial charge on any atom is -0.270 e. The summed E-state index contributed by atoms with van der Waals surface area (Å²) in [6.45, 7) is 5.85. The van der Waals surface area contributed by atoms with E-state index in [0.717, 1.165) is 0 Å². The molecule has 0 bridgehead atoms. The molecule has 1 aliphatic rings. The number of amides is 2. The highest BCUT2D eigenvalue weighted by atomic mass is 16.7. The van der Waals surface area contributed by atoms with Gasteiger partial charge in [0.15, 0.2) is 0 Å². The molecule has 0 aromatic rings. The van der Waals surface area contributed by atoms with Gasteiger partial charge < -0.3 is 0 Å². The van der Waals surface area contributed by atoms with Gasteiger partial charge in [-0.1, -0.05) is 0 Å². The quantitative estimate of drug-likeness (QED) is 0.627. The van der Waals surface area contributed by atoms with Gasteiger partial charge in [0.05, 0.1) is 26.3 Å². The summed E-state index contributed by atoms with van der Waals surface area (Å²) in [6, 6.07) is -0.210. The zero-order valence-corrected chi connectivity index (χ0v) is 7.45. The van der Waals surface area contributed by atoms with E-state index in [0.29, 0.717) is 26.3 Å². The van der Waals surface area contributed by atoms with Crippen molar-refractivity contribution in [3.05, 3.63) is 0 Å². The van der Waals surface area contributed by atoms with Crippen molar-refractivity contribution in [3.8, 4) is 0 Å². The monoisotopic (exact) mass is 174 g/mol. The number of carbonyl (C=O) groups excluding carboxylic acids is 1. The maximum atomic E-state index is 11.3. The van der Waals surface area contributed by atoms with Crippen LogP contribution < -0.4 is 0 Å². The number of carbonyl (C=O) groups is 1. The zero-order chi connectivity index (χ0) is 8.97. The van der Waals surface area contributed by atoms with Crippen LogP contribution in [0, 0.1) is 0 Å². The Morgan fingerprint density at radius 1 is 1.17 bits per heavy atom. The smallest absolute Gasteiger partial charge is 0.270 e. The van der Waals surface area contributed by atoms with Gasteiger partial charge in [0.25, 0.3) is 0 Å². The van der Waals surface area contributed by atoms with Gasteiger partial charge in [0, 0.05) is 0 Å². The Kier molecular flexibility index (Phi) is 3.31. The molecule has 0 aliphatic carbocycles. The second kappa shape index (κ2) is 4.27. The SMILES string of the molecule is CCON1CCN(OCC)C1=O. The molecule has 0 radical (unpaired) electrons. The first-order chi connectivity index (χ1) is 5.79. The fourth-order valence-corrected chi connectivity index (χ4v) is 1.05. The minimum atomic E-state index is -0.210. The van der Waals surface area contributed by atoms with E-state index in [-0.39, 0.29) is 6.03 Å². The van der Waals surface area contributed by atoms with Crippen LogP contribution in [0.4, 0.5) is 4.79 Å². The molecular formula is C7H14N2O3. The molecule has 0 saturated carbocycles. The molecule has 0 spiro atoms. The summed E-state index contributed by atoms with van der Waals surface area (Å²) >= 11 is 0. The summed E-state index contributed by atoms with van der Waals surface area (Å²) in [5, 5.41) is 2.63. The van der Waals surface area contributed by atoms with E-state index < -0.39 is 0 Å². The molecule has 0 atom stereocenters. The molecule has 1 saturated heterocycles. The van der Waals surface area contributed by atoms with Crippen LogP contribution in [0.15, 0.2) is 0 Å². The molecular weight excluding hydrogens is 160 g/mol. The standard InChI is InChI=1S/C7H14N2O3/c1-3-11-8-5-6-9(7(8)10)12-4-2/h3-6H2,1-2H3. The highest BCUT2D eigenvalue weighted by molar-refractivity contribution is 5.74. The van der Waals surface area contributed by atoms with Gasteiger partial charge in [0.2, 0.25) is 0 Å². The molecule has 0 unspecified atom stereocenters. The summed E-state index contributed by atoms with van der Waals surface area (Å²) in [6.07, 6.45) is 0. The number of urea groups is 1. The van der Waals surface area contributed by atoms with Gasteiger partial charge in [-0.05, 0) is 13.8 Å². The summed E-state index contributed by atoms with van der Waals surface area (Å²) in [5.74, 6) is 0. The second-order valence-corrected chi connectivity index (χ2v) is 2.32. The third kappa shape index (κ3) is 1.86. The maximum Gasteiger partial charge on any atom is 0.367 e. The highest BCUT2D eigenvalue weighted by Gasteiger charge is 2.29. The van der Waals surface area contributed by atoms with Crippen molar-refractivity contribution in [1.29, 1.82) is 0 Å². The van der Waals surface area contributed by atoms with Crippen molar-refractivity contribution < 1.29 is 14.5 Å². The molecule has 1 heterocycles. The third-order valence-corrected chi connectivity index (χ3v) is 1.50. The van der Waals surface area contributed by atoms with Crippen molar-refractivity contribution in [3.63, 3.8) is 0 Å². The fraction of sp³-hybridized carbons (Fsp3) is 0.857. The van der Waals surface area contributed by atoms with Crippen LogP contribution in [0.2, 0.25) is 0 Å². The lowest BCUT2D eigenvalue weighted by molar-refractivity contribution is -0.127. The number of rotatable bonds is 4. The Bertz CT molecular complexity index is 147. The van der Waals surface area contributed by atoms with Crippen molar-refractivity contribution in [2.24, 2.45) is 0 Å². The average molecular weight is 174 g/mol. The van der Waals surface area contributed by atoms with Gasteiger partial charge in [-0.2, -0.15) is 10.1 Å². The van der Waals surface area contributed by atoms with Crippen molar-refractivity contribution in [2.75, 3.05) is 26.3 Å². The van der Waals surface area contributed by atoms with Gasteiger partial charge in [-0.3, -0.25) is 9.68 Å². The molecule has 70 valence electrons. The molecule has 0 aromatic carbocycles. The fourth-order valence-electron chi connectivity index (χ4n) is 1.05. The number of hydroxylamine groups is 4. The first-order valence-electron chi connectivity index (χ1n) is 4.14. The molecule has 0 aromatic heterocycles. The Morgan fingerprint density at radius 2 is 1.58 bits per heavy atom. The van der Waals surface area contributed by atoms with Crippen LogP contribution in [-0.2, 0) is 9.68 Å². The van der Waals surface area contributed by atoms with Crippen molar-refractivity contribution in [2.45, 2.75) is 13.8 Å². The Labute approximate surface area is 71.7 Å². The first-order valence-corrected chi connectivity index (χ1v) is 4.14. The van der Waals surface area contributed by atoms with E-state index in [1.54, 1.807) is 0 Å². The lowest BCUT2D eigenvalue weighted by Gasteiger charge is -2.15. The Morgan fingerprint density at radius 3 is 1.92 bits per heavy atom. The van der Waals surface area contributed by atoms with Crippen molar-refractivity contribution in [1.82, 2.24) is 10.1 Å². The van der Waals surface area contributed by atoms with E-state index in [2.05, 4.69) is 0 Å². The zero-order valence-electron chi connectivity index (χ0n) is 7.45.